The van der Waals surface area contributed by atoms with E-state index in [0.717, 1.165) is 20.5 Å². The average Bonchev–Trinajstić information content (AvgIpc) is 2.94. The third-order valence-electron chi connectivity index (χ3n) is 3.03. The zero-order chi connectivity index (χ0) is 14.8. The van der Waals surface area contributed by atoms with E-state index in [2.05, 4.69) is 32.9 Å². The van der Waals surface area contributed by atoms with E-state index in [4.69, 9.17) is 0 Å². The van der Waals surface area contributed by atoms with Crippen molar-refractivity contribution in [3.8, 4) is 16.9 Å². The van der Waals surface area contributed by atoms with Crippen LogP contribution in [0, 0.1) is 3.57 Å². The van der Waals surface area contributed by atoms with Crippen LogP contribution in [0.2, 0.25) is 0 Å². The van der Waals surface area contributed by atoms with Crippen LogP contribution in [0.5, 0.6) is 0 Å². The van der Waals surface area contributed by atoms with E-state index in [0.29, 0.717) is 5.03 Å². The van der Waals surface area contributed by atoms with Crippen molar-refractivity contribution in [1.29, 1.82) is 0 Å². The Kier molecular flexibility index (Phi) is 4.16. The van der Waals surface area contributed by atoms with Gasteiger partial charge >= 0.3 is 0 Å². The summed E-state index contributed by atoms with van der Waals surface area (Å²) in [6.07, 6.45) is 1.62. The van der Waals surface area contributed by atoms with Crippen molar-refractivity contribution in [2.45, 2.75) is 5.03 Å². The van der Waals surface area contributed by atoms with Gasteiger partial charge in [0.05, 0.1) is 16.5 Å². The van der Waals surface area contributed by atoms with Crippen molar-refractivity contribution < 1.29 is 4.21 Å². The van der Waals surface area contributed by atoms with Gasteiger partial charge in [0.2, 0.25) is 0 Å². The predicted octanol–water partition coefficient (Wildman–Crippen LogP) is 3.28. The lowest BCUT2D eigenvalue weighted by atomic mass is 10.1. The quantitative estimate of drug-likeness (QED) is 0.624. The molecule has 0 saturated carbocycles. The van der Waals surface area contributed by atoms with Crippen LogP contribution in [0.3, 0.4) is 0 Å². The summed E-state index contributed by atoms with van der Waals surface area (Å²) >= 11 is 2.26. The number of aromatic nitrogens is 3. The molecule has 1 aromatic heterocycles. The lowest BCUT2D eigenvalue weighted by Gasteiger charge is -2.07. The maximum absolute atomic E-state index is 11.9. The number of rotatable bonds is 3. The summed E-state index contributed by atoms with van der Waals surface area (Å²) in [4.78, 5) is 0. The molecule has 3 aromatic rings. The summed E-state index contributed by atoms with van der Waals surface area (Å²) < 4.78 is 14.8. The zero-order valence-electron chi connectivity index (χ0n) is 11.2. The Morgan fingerprint density at radius 2 is 1.71 bits per heavy atom. The molecule has 0 bridgehead atoms. The molecule has 4 nitrogen and oxygen atoms in total. The van der Waals surface area contributed by atoms with Crippen LogP contribution in [0.15, 0.2) is 59.6 Å². The monoisotopic (exact) mass is 409 g/mol. The van der Waals surface area contributed by atoms with Crippen molar-refractivity contribution in [2.75, 3.05) is 6.26 Å². The number of para-hydroxylation sites is 1. The van der Waals surface area contributed by atoms with Crippen molar-refractivity contribution >= 4 is 33.4 Å². The average molecular weight is 409 g/mol. The SMILES string of the molecule is CS(=O)c1nnn(-c2ccccc2)c1-c1ccc(I)cc1. The second-order valence-electron chi connectivity index (χ2n) is 4.45. The molecule has 0 N–H and O–H groups in total. The van der Waals surface area contributed by atoms with Crippen LogP contribution < -0.4 is 0 Å². The van der Waals surface area contributed by atoms with Gasteiger partial charge < -0.3 is 0 Å². The van der Waals surface area contributed by atoms with Crippen LogP contribution in [-0.4, -0.2) is 25.5 Å². The second kappa shape index (κ2) is 6.07. The van der Waals surface area contributed by atoms with Gasteiger partial charge in [-0.25, -0.2) is 4.68 Å². The highest BCUT2D eigenvalue weighted by Gasteiger charge is 2.18. The first-order chi connectivity index (χ1) is 10.2. The van der Waals surface area contributed by atoms with Gasteiger partial charge in [0.1, 0.15) is 5.69 Å². The summed E-state index contributed by atoms with van der Waals surface area (Å²) in [6, 6.07) is 17.8. The summed E-state index contributed by atoms with van der Waals surface area (Å²) in [6.45, 7) is 0. The molecule has 2 aromatic carbocycles. The number of nitrogens with zero attached hydrogens (tertiary/aromatic N) is 3. The van der Waals surface area contributed by atoms with E-state index >= 15 is 0 Å². The van der Waals surface area contributed by atoms with Crippen molar-refractivity contribution in [3.63, 3.8) is 0 Å². The number of hydrogen-bond donors (Lipinski definition) is 0. The predicted molar refractivity (Wildman–Crippen MR) is 91.8 cm³/mol. The molecule has 6 heteroatoms. The molecule has 1 unspecified atom stereocenters. The van der Waals surface area contributed by atoms with Gasteiger partial charge in [-0.05, 0) is 46.9 Å². The van der Waals surface area contributed by atoms with E-state index in [1.54, 1.807) is 10.9 Å². The summed E-state index contributed by atoms with van der Waals surface area (Å²) in [7, 11) is -1.20. The number of halogens is 1. The minimum Gasteiger partial charge on any atom is -0.253 e. The van der Waals surface area contributed by atoms with Gasteiger partial charge in [-0.3, -0.25) is 4.21 Å². The number of benzene rings is 2. The smallest absolute Gasteiger partial charge is 0.177 e. The third-order valence-corrected chi connectivity index (χ3v) is 4.57. The highest BCUT2D eigenvalue weighted by molar-refractivity contribution is 14.1. The molecule has 1 atom stereocenters. The Labute approximate surface area is 138 Å². The summed E-state index contributed by atoms with van der Waals surface area (Å²) in [5.41, 5.74) is 2.63. The Balaban J connectivity index is 2.23. The normalized spacial score (nSPS) is 12.3. The van der Waals surface area contributed by atoms with Crippen LogP contribution in [0.25, 0.3) is 16.9 Å². The molecule has 0 radical (unpaired) electrons. The molecule has 0 aliphatic carbocycles. The Morgan fingerprint density at radius 3 is 2.33 bits per heavy atom. The molecule has 3 rings (SSSR count). The molecule has 0 amide bonds. The molecule has 21 heavy (non-hydrogen) atoms. The van der Waals surface area contributed by atoms with E-state index < -0.39 is 10.8 Å². The largest absolute Gasteiger partial charge is 0.253 e. The Hall–Kier alpha value is -1.54. The molecule has 0 fully saturated rings. The lowest BCUT2D eigenvalue weighted by molar-refractivity contribution is 0.683. The van der Waals surface area contributed by atoms with Crippen LogP contribution >= 0.6 is 22.6 Å². The lowest BCUT2D eigenvalue weighted by Crippen LogP contribution is -2.00. The standard InChI is InChI=1S/C15H12IN3OS/c1-21(20)15-14(11-7-9-12(16)10-8-11)19(18-17-15)13-5-3-2-4-6-13/h2-10H,1H3. The van der Waals surface area contributed by atoms with Gasteiger partial charge in [-0.2, -0.15) is 0 Å². The first-order valence-corrected chi connectivity index (χ1v) is 8.91. The second-order valence-corrected chi connectivity index (χ2v) is 6.99. The van der Waals surface area contributed by atoms with Gasteiger partial charge in [0.25, 0.3) is 0 Å². The van der Waals surface area contributed by atoms with Crippen molar-refractivity contribution in [3.05, 3.63) is 58.2 Å². The Morgan fingerprint density at radius 1 is 1.05 bits per heavy atom. The summed E-state index contributed by atoms with van der Waals surface area (Å²) in [5, 5.41) is 8.78. The minimum absolute atomic E-state index is 0.500. The fraction of sp³-hybridized carbons (Fsp3) is 0.0667. The first-order valence-electron chi connectivity index (χ1n) is 6.27. The molecule has 0 saturated heterocycles. The molecule has 0 aliphatic heterocycles. The highest BCUT2D eigenvalue weighted by Crippen LogP contribution is 2.27. The molecule has 0 aliphatic rings. The van der Waals surface area contributed by atoms with Crippen LogP contribution in [0.1, 0.15) is 0 Å². The number of hydrogen-bond acceptors (Lipinski definition) is 3. The maximum Gasteiger partial charge on any atom is 0.177 e. The van der Waals surface area contributed by atoms with Crippen LogP contribution in [0.4, 0.5) is 0 Å². The minimum atomic E-state index is -1.20. The third kappa shape index (κ3) is 2.91. The highest BCUT2D eigenvalue weighted by atomic mass is 127. The molecular formula is C15H12IN3OS. The van der Waals surface area contributed by atoms with Gasteiger partial charge in [-0.15, -0.1) is 5.10 Å². The van der Waals surface area contributed by atoms with E-state index in [1.807, 2.05) is 54.6 Å². The molecular weight excluding hydrogens is 397 g/mol. The van der Waals surface area contributed by atoms with E-state index in [1.165, 1.54) is 0 Å². The van der Waals surface area contributed by atoms with Gasteiger partial charge in [0.15, 0.2) is 5.03 Å². The van der Waals surface area contributed by atoms with Crippen molar-refractivity contribution in [2.24, 2.45) is 0 Å². The van der Waals surface area contributed by atoms with Gasteiger partial charge in [-0.1, -0.05) is 35.5 Å². The van der Waals surface area contributed by atoms with E-state index in [-0.39, 0.29) is 0 Å². The first kappa shape index (κ1) is 14.4. The molecule has 0 spiro atoms. The van der Waals surface area contributed by atoms with Crippen molar-refractivity contribution in [1.82, 2.24) is 15.0 Å². The fourth-order valence-electron chi connectivity index (χ4n) is 2.07. The fourth-order valence-corrected chi connectivity index (χ4v) is 3.05. The maximum atomic E-state index is 11.9. The van der Waals surface area contributed by atoms with Crippen LogP contribution in [-0.2, 0) is 10.8 Å². The van der Waals surface area contributed by atoms with E-state index in [9.17, 15) is 4.21 Å². The topological polar surface area (TPSA) is 47.8 Å². The Bertz CT molecular complexity index is 784. The molecule has 106 valence electrons. The van der Waals surface area contributed by atoms with Gasteiger partial charge in [0, 0.05) is 15.4 Å². The molecule has 1 heterocycles. The summed E-state index contributed by atoms with van der Waals surface area (Å²) in [5.74, 6) is 0. The zero-order valence-corrected chi connectivity index (χ0v) is 14.2.